The first-order valence-electron chi connectivity index (χ1n) is 11.1. The maximum atomic E-state index is 12.7. The summed E-state index contributed by atoms with van der Waals surface area (Å²) >= 11 is 5.88. The summed E-state index contributed by atoms with van der Waals surface area (Å²) in [6.45, 7) is 10.5. The highest BCUT2D eigenvalue weighted by molar-refractivity contribution is 6.30. The molecule has 174 valence electrons. The number of fused-ring (bicyclic) bond motifs is 1. The lowest BCUT2D eigenvalue weighted by molar-refractivity contribution is -0.111. The monoisotopic (exact) mass is 474 g/mol. The van der Waals surface area contributed by atoms with Gasteiger partial charge in [0.05, 0.1) is 17.9 Å². The molecular formula is C28H27ClN2O3. The van der Waals surface area contributed by atoms with Crippen molar-refractivity contribution in [3.8, 4) is 16.9 Å². The molecule has 0 aliphatic carbocycles. The van der Waals surface area contributed by atoms with Crippen LogP contribution in [0.25, 0.3) is 27.7 Å². The molecule has 2 aromatic heterocycles. The van der Waals surface area contributed by atoms with E-state index in [2.05, 4.69) is 42.3 Å². The Morgan fingerprint density at radius 3 is 2.62 bits per heavy atom. The summed E-state index contributed by atoms with van der Waals surface area (Å²) < 4.78 is 12.0. The van der Waals surface area contributed by atoms with Gasteiger partial charge in [-0.25, -0.2) is 4.98 Å². The Kier molecular flexibility index (Phi) is 6.75. The number of ether oxygens (including phenoxy) is 1. The molecule has 0 unspecified atom stereocenters. The zero-order valence-electron chi connectivity index (χ0n) is 20.0. The van der Waals surface area contributed by atoms with Gasteiger partial charge >= 0.3 is 0 Å². The average Bonchev–Trinajstić information content (AvgIpc) is 3.21. The number of nitrogens with one attached hydrogen (secondary N) is 1. The van der Waals surface area contributed by atoms with Gasteiger partial charge in [0.25, 0.3) is 0 Å². The molecule has 0 aliphatic rings. The smallest absolute Gasteiger partial charge is 0.249 e. The second kappa shape index (κ2) is 9.74. The van der Waals surface area contributed by atoms with Gasteiger partial charge in [-0.05, 0) is 69.5 Å². The van der Waals surface area contributed by atoms with Crippen LogP contribution in [0.2, 0.25) is 5.02 Å². The van der Waals surface area contributed by atoms with Crippen molar-refractivity contribution in [3.05, 3.63) is 82.2 Å². The number of allylic oxidation sites excluding steroid dienone is 1. The number of aromatic nitrogens is 1. The van der Waals surface area contributed by atoms with Gasteiger partial charge in [0.2, 0.25) is 5.91 Å². The molecule has 4 rings (SSSR count). The number of rotatable bonds is 6. The van der Waals surface area contributed by atoms with E-state index in [1.54, 1.807) is 24.5 Å². The van der Waals surface area contributed by atoms with E-state index in [1.165, 1.54) is 17.3 Å². The van der Waals surface area contributed by atoms with E-state index in [9.17, 15) is 4.79 Å². The summed E-state index contributed by atoms with van der Waals surface area (Å²) in [7, 11) is 0. The highest BCUT2D eigenvalue weighted by atomic mass is 35.5. The van der Waals surface area contributed by atoms with Crippen LogP contribution < -0.4 is 10.1 Å². The molecule has 0 fully saturated rings. The van der Waals surface area contributed by atoms with Crippen molar-refractivity contribution < 1.29 is 13.9 Å². The third-order valence-electron chi connectivity index (χ3n) is 5.76. The Morgan fingerprint density at radius 1 is 1.15 bits per heavy atom. The van der Waals surface area contributed by atoms with Gasteiger partial charge in [-0.15, -0.1) is 0 Å². The molecule has 34 heavy (non-hydrogen) atoms. The molecule has 1 N–H and O–H groups in total. The maximum absolute atomic E-state index is 12.7. The van der Waals surface area contributed by atoms with Gasteiger partial charge in [0.15, 0.2) is 0 Å². The molecule has 0 saturated carbocycles. The lowest BCUT2D eigenvalue weighted by Crippen LogP contribution is -2.10. The third kappa shape index (κ3) is 4.70. The van der Waals surface area contributed by atoms with Crippen molar-refractivity contribution in [2.75, 3.05) is 11.9 Å². The minimum Gasteiger partial charge on any atom is -0.493 e. The minimum absolute atomic E-state index is 0.283. The predicted molar refractivity (Wildman–Crippen MR) is 139 cm³/mol. The van der Waals surface area contributed by atoms with Crippen LogP contribution in [-0.4, -0.2) is 17.5 Å². The second-order valence-corrected chi connectivity index (χ2v) is 8.77. The van der Waals surface area contributed by atoms with E-state index < -0.39 is 0 Å². The standard InChI is InChI=1S/C28H27ClN2O3/c1-6-33-27-19(5)28-23(24(15-34-28)21-9-7-16(2)11-17(21)3)13-22(27)18(4)12-26(32)31-25-10-8-20(29)14-30-25/h7-15H,6H2,1-5H3,(H,30,31,32)/b18-12+. The SMILES string of the molecule is CCOc1c(/C(C)=C/C(=O)Nc2ccc(Cl)cn2)cc2c(-c3ccc(C)cc3C)coc2c1C. The molecule has 0 spiro atoms. The second-order valence-electron chi connectivity index (χ2n) is 8.33. The van der Waals surface area contributed by atoms with Gasteiger partial charge in [-0.1, -0.05) is 35.4 Å². The Bertz CT molecular complexity index is 1400. The highest BCUT2D eigenvalue weighted by Crippen LogP contribution is 2.41. The first kappa shape index (κ1) is 23.6. The van der Waals surface area contributed by atoms with Gasteiger partial charge < -0.3 is 14.5 Å². The molecule has 2 heterocycles. The number of amides is 1. The predicted octanol–water partition coefficient (Wildman–Crippen LogP) is 7.51. The Labute approximate surface area is 204 Å². The fourth-order valence-corrected chi connectivity index (χ4v) is 4.26. The number of hydrogen-bond donors (Lipinski definition) is 1. The summed E-state index contributed by atoms with van der Waals surface area (Å²) in [5.41, 5.74) is 7.82. The zero-order chi connectivity index (χ0) is 24.4. The number of pyridine rings is 1. The summed E-state index contributed by atoms with van der Waals surface area (Å²) in [6.07, 6.45) is 4.84. The number of furan rings is 1. The molecule has 1 amide bonds. The number of carbonyl (C=O) groups excluding carboxylic acids is 1. The van der Waals surface area contributed by atoms with E-state index in [0.29, 0.717) is 23.2 Å². The lowest BCUT2D eigenvalue weighted by Gasteiger charge is -2.15. The number of benzene rings is 2. The van der Waals surface area contributed by atoms with Crippen molar-refractivity contribution in [2.45, 2.75) is 34.6 Å². The quantitative estimate of drug-likeness (QED) is 0.293. The van der Waals surface area contributed by atoms with Crippen LogP contribution >= 0.6 is 11.6 Å². The Balaban J connectivity index is 1.79. The van der Waals surface area contributed by atoms with E-state index in [-0.39, 0.29) is 5.91 Å². The highest BCUT2D eigenvalue weighted by Gasteiger charge is 2.20. The average molecular weight is 475 g/mol. The molecule has 4 aromatic rings. The van der Waals surface area contributed by atoms with Crippen LogP contribution in [-0.2, 0) is 4.79 Å². The molecule has 0 atom stereocenters. The van der Waals surface area contributed by atoms with Crippen LogP contribution in [0.4, 0.5) is 5.82 Å². The summed E-state index contributed by atoms with van der Waals surface area (Å²) in [5, 5.41) is 4.26. The van der Waals surface area contributed by atoms with E-state index in [0.717, 1.165) is 38.8 Å². The largest absolute Gasteiger partial charge is 0.493 e. The molecule has 0 bridgehead atoms. The number of aryl methyl sites for hydroxylation is 3. The number of anilines is 1. The maximum Gasteiger partial charge on any atom is 0.249 e. The molecule has 0 saturated heterocycles. The molecular weight excluding hydrogens is 448 g/mol. The number of carbonyl (C=O) groups is 1. The van der Waals surface area contributed by atoms with Crippen LogP contribution in [0, 0.1) is 20.8 Å². The van der Waals surface area contributed by atoms with Crippen molar-refractivity contribution >= 4 is 39.9 Å². The van der Waals surface area contributed by atoms with E-state index >= 15 is 0 Å². The molecule has 0 aliphatic heterocycles. The van der Waals surface area contributed by atoms with Gasteiger partial charge in [-0.3, -0.25) is 4.79 Å². The van der Waals surface area contributed by atoms with Crippen molar-refractivity contribution in [1.82, 2.24) is 4.98 Å². The molecule has 2 aromatic carbocycles. The lowest BCUT2D eigenvalue weighted by atomic mass is 9.94. The first-order valence-corrected chi connectivity index (χ1v) is 11.5. The van der Waals surface area contributed by atoms with Crippen LogP contribution in [0.15, 0.2) is 59.4 Å². The van der Waals surface area contributed by atoms with Gasteiger partial charge in [0.1, 0.15) is 17.2 Å². The molecule has 0 radical (unpaired) electrons. The van der Waals surface area contributed by atoms with Crippen LogP contribution in [0.1, 0.15) is 36.1 Å². The van der Waals surface area contributed by atoms with Crippen LogP contribution in [0.5, 0.6) is 5.75 Å². The van der Waals surface area contributed by atoms with Crippen molar-refractivity contribution in [1.29, 1.82) is 0 Å². The van der Waals surface area contributed by atoms with Crippen LogP contribution in [0.3, 0.4) is 0 Å². The summed E-state index contributed by atoms with van der Waals surface area (Å²) in [5.74, 6) is 0.860. The van der Waals surface area contributed by atoms with Crippen molar-refractivity contribution in [3.63, 3.8) is 0 Å². The fourth-order valence-electron chi connectivity index (χ4n) is 4.15. The topological polar surface area (TPSA) is 64.4 Å². The number of hydrogen-bond acceptors (Lipinski definition) is 4. The molecule has 5 nitrogen and oxygen atoms in total. The van der Waals surface area contributed by atoms with Gasteiger partial charge in [-0.2, -0.15) is 0 Å². The summed E-state index contributed by atoms with van der Waals surface area (Å²) in [6, 6.07) is 11.8. The van der Waals surface area contributed by atoms with E-state index in [4.69, 9.17) is 20.8 Å². The normalized spacial score (nSPS) is 11.6. The third-order valence-corrected chi connectivity index (χ3v) is 5.98. The summed E-state index contributed by atoms with van der Waals surface area (Å²) in [4.78, 5) is 16.8. The molecule has 6 heteroatoms. The Hall–Kier alpha value is -3.57. The zero-order valence-corrected chi connectivity index (χ0v) is 20.7. The van der Waals surface area contributed by atoms with E-state index in [1.807, 2.05) is 26.8 Å². The minimum atomic E-state index is -0.283. The number of nitrogens with zero attached hydrogens (tertiary/aromatic N) is 1. The first-order chi connectivity index (χ1) is 16.3. The number of halogens is 1. The van der Waals surface area contributed by atoms with Gasteiger partial charge in [0, 0.05) is 34.3 Å². The van der Waals surface area contributed by atoms with Crippen molar-refractivity contribution in [2.24, 2.45) is 0 Å². The Morgan fingerprint density at radius 2 is 1.94 bits per heavy atom. The fraction of sp³-hybridized carbons (Fsp3) is 0.214.